The largest absolute Gasteiger partial charge is 0.310 e. The van der Waals surface area contributed by atoms with Gasteiger partial charge >= 0.3 is 0 Å². The van der Waals surface area contributed by atoms with Crippen molar-refractivity contribution in [1.29, 1.82) is 0 Å². The number of rotatable bonds is 4. The van der Waals surface area contributed by atoms with Gasteiger partial charge in [0.25, 0.3) is 0 Å². The summed E-state index contributed by atoms with van der Waals surface area (Å²) >= 11 is 0. The van der Waals surface area contributed by atoms with Crippen molar-refractivity contribution in [3.8, 4) is 0 Å². The highest BCUT2D eigenvalue weighted by molar-refractivity contribution is 5.08. The number of pyridine rings is 1. The lowest BCUT2D eigenvalue weighted by atomic mass is 9.71. The van der Waals surface area contributed by atoms with E-state index >= 15 is 0 Å². The fraction of sp³-hybridized carbons (Fsp3) is 0.722. The summed E-state index contributed by atoms with van der Waals surface area (Å²) in [6, 6.07) is 4.96. The third-order valence-corrected chi connectivity index (χ3v) is 5.37. The molecule has 0 aromatic carbocycles. The lowest BCUT2D eigenvalue weighted by molar-refractivity contribution is 0.149. The van der Waals surface area contributed by atoms with Crippen LogP contribution in [0, 0.1) is 11.8 Å². The summed E-state index contributed by atoms with van der Waals surface area (Å²) < 4.78 is 0. The Morgan fingerprint density at radius 3 is 2.60 bits per heavy atom. The first-order valence-electron chi connectivity index (χ1n) is 8.56. The van der Waals surface area contributed by atoms with Crippen molar-refractivity contribution in [3.05, 3.63) is 30.1 Å². The Kier molecular flexibility index (Phi) is 5.07. The smallest absolute Gasteiger partial charge is 0.0312 e. The summed E-state index contributed by atoms with van der Waals surface area (Å²) in [6.45, 7) is 0.988. The maximum atomic E-state index is 4.22. The highest BCUT2D eigenvalue weighted by Gasteiger charge is 2.31. The van der Waals surface area contributed by atoms with Crippen molar-refractivity contribution in [2.24, 2.45) is 11.8 Å². The van der Waals surface area contributed by atoms with Crippen LogP contribution in [0.2, 0.25) is 0 Å². The Balaban J connectivity index is 1.57. The summed E-state index contributed by atoms with van der Waals surface area (Å²) in [5, 5.41) is 3.85. The molecule has 0 bridgehead atoms. The van der Waals surface area contributed by atoms with Crippen LogP contribution in [-0.4, -0.2) is 11.0 Å². The van der Waals surface area contributed by atoms with Gasteiger partial charge in [-0.15, -0.1) is 0 Å². The molecule has 2 aliphatic carbocycles. The zero-order valence-electron chi connectivity index (χ0n) is 12.6. The fourth-order valence-electron chi connectivity index (χ4n) is 4.29. The average Bonchev–Trinajstić information content (AvgIpc) is 2.55. The highest BCUT2D eigenvalue weighted by Crippen LogP contribution is 2.38. The standard InChI is InChI=1S/C18H28N2/c1-2-8-16(9-3-1)17-10-4-5-11-18(17)20-14-15-7-6-12-19-13-15/h6-7,12-13,16-18,20H,1-5,8-11,14H2. The van der Waals surface area contributed by atoms with E-state index in [1.54, 1.807) is 0 Å². The lowest BCUT2D eigenvalue weighted by Crippen LogP contribution is -2.42. The van der Waals surface area contributed by atoms with Crippen LogP contribution in [0.3, 0.4) is 0 Å². The molecule has 2 nitrogen and oxygen atoms in total. The summed E-state index contributed by atoms with van der Waals surface area (Å²) in [6.07, 6.45) is 16.9. The van der Waals surface area contributed by atoms with E-state index in [-0.39, 0.29) is 0 Å². The molecule has 110 valence electrons. The SMILES string of the molecule is c1cncc(CNC2CCCCC2C2CCCCC2)c1. The van der Waals surface area contributed by atoms with Crippen molar-refractivity contribution < 1.29 is 0 Å². The molecule has 1 N–H and O–H groups in total. The molecule has 2 aliphatic rings. The van der Waals surface area contributed by atoms with Gasteiger partial charge in [-0.1, -0.05) is 51.0 Å². The van der Waals surface area contributed by atoms with Crippen molar-refractivity contribution in [3.63, 3.8) is 0 Å². The molecule has 1 heterocycles. The van der Waals surface area contributed by atoms with Crippen LogP contribution in [0.25, 0.3) is 0 Å². The molecule has 0 amide bonds. The second-order valence-electron chi connectivity index (χ2n) is 6.70. The molecule has 0 radical (unpaired) electrons. The zero-order chi connectivity index (χ0) is 13.6. The van der Waals surface area contributed by atoms with Gasteiger partial charge < -0.3 is 5.32 Å². The van der Waals surface area contributed by atoms with Crippen LogP contribution >= 0.6 is 0 Å². The van der Waals surface area contributed by atoms with Crippen molar-refractivity contribution in [2.75, 3.05) is 0 Å². The van der Waals surface area contributed by atoms with Crippen LogP contribution in [-0.2, 0) is 6.54 Å². The minimum Gasteiger partial charge on any atom is -0.310 e. The highest BCUT2D eigenvalue weighted by atomic mass is 14.9. The first kappa shape index (κ1) is 14.1. The van der Waals surface area contributed by atoms with Crippen molar-refractivity contribution >= 4 is 0 Å². The van der Waals surface area contributed by atoms with Gasteiger partial charge in [-0.25, -0.2) is 0 Å². The molecule has 2 heteroatoms. The Labute approximate surface area is 123 Å². The lowest BCUT2D eigenvalue weighted by Gasteiger charge is -2.39. The first-order valence-corrected chi connectivity index (χ1v) is 8.56. The molecule has 3 rings (SSSR count). The first-order chi connectivity index (χ1) is 9.93. The monoisotopic (exact) mass is 272 g/mol. The molecule has 2 fully saturated rings. The van der Waals surface area contributed by atoms with Gasteiger partial charge in [0.1, 0.15) is 0 Å². The summed E-state index contributed by atoms with van der Waals surface area (Å²) in [4.78, 5) is 4.22. The van der Waals surface area contributed by atoms with E-state index in [2.05, 4.69) is 16.4 Å². The molecule has 1 aromatic rings. The maximum Gasteiger partial charge on any atom is 0.0312 e. The summed E-state index contributed by atoms with van der Waals surface area (Å²) in [5.41, 5.74) is 1.32. The normalized spacial score (nSPS) is 28.4. The quantitative estimate of drug-likeness (QED) is 0.883. The van der Waals surface area contributed by atoms with Crippen molar-refractivity contribution in [2.45, 2.75) is 70.4 Å². The Morgan fingerprint density at radius 2 is 1.80 bits per heavy atom. The van der Waals surface area contributed by atoms with Gasteiger partial charge in [-0.05, 0) is 36.3 Å². The molecule has 0 saturated heterocycles. The average molecular weight is 272 g/mol. The number of aromatic nitrogens is 1. The zero-order valence-corrected chi connectivity index (χ0v) is 12.6. The fourth-order valence-corrected chi connectivity index (χ4v) is 4.29. The van der Waals surface area contributed by atoms with E-state index < -0.39 is 0 Å². The Morgan fingerprint density at radius 1 is 1.00 bits per heavy atom. The van der Waals surface area contributed by atoms with E-state index in [4.69, 9.17) is 0 Å². The molecular formula is C18H28N2. The topological polar surface area (TPSA) is 24.9 Å². The van der Waals surface area contributed by atoms with E-state index in [0.717, 1.165) is 24.4 Å². The molecule has 0 spiro atoms. The predicted molar refractivity (Wildman–Crippen MR) is 83.4 cm³/mol. The third-order valence-electron chi connectivity index (χ3n) is 5.37. The second kappa shape index (κ2) is 7.21. The van der Waals surface area contributed by atoms with Crippen LogP contribution in [0.1, 0.15) is 63.4 Å². The number of hydrogen-bond donors (Lipinski definition) is 1. The van der Waals surface area contributed by atoms with Gasteiger partial charge in [0.2, 0.25) is 0 Å². The summed E-state index contributed by atoms with van der Waals surface area (Å²) in [7, 11) is 0. The molecule has 20 heavy (non-hydrogen) atoms. The van der Waals surface area contributed by atoms with Crippen LogP contribution < -0.4 is 5.32 Å². The molecule has 2 unspecified atom stereocenters. The number of hydrogen-bond acceptors (Lipinski definition) is 2. The van der Waals surface area contributed by atoms with Gasteiger partial charge in [-0.2, -0.15) is 0 Å². The molecule has 2 atom stereocenters. The molecular weight excluding hydrogens is 244 g/mol. The third kappa shape index (κ3) is 3.60. The Bertz CT molecular complexity index is 384. The number of nitrogens with one attached hydrogen (secondary N) is 1. The molecule has 2 saturated carbocycles. The van der Waals surface area contributed by atoms with E-state index in [0.29, 0.717) is 0 Å². The minimum atomic E-state index is 0.743. The molecule has 1 aromatic heterocycles. The second-order valence-corrected chi connectivity index (χ2v) is 6.70. The summed E-state index contributed by atoms with van der Waals surface area (Å²) in [5.74, 6) is 1.93. The van der Waals surface area contributed by atoms with Gasteiger partial charge in [0.05, 0.1) is 0 Å². The molecule has 0 aliphatic heterocycles. The maximum absolute atomic E-state index is 4.22. The van der Waals surface area contributed by atoms with E-state index in [1.165, 1.54) is 63.4 Å². The van der Waals surface area contributed by atoms with Crippen molar-refractivity contribution in [1.82, 2.24) is 10.3 Å². The minimum absolute atomic E-state index is 0.743. The Hall–Kier alpha value is -0.890. The van der Waals surface area contributed by atoms with Crippen LogP contribution in [0.4, 0.5) is 0 Å². The van der Waals surface area contributed by atoms with Crippen LogP contribution in [0.5, 0.6) is 0 Å². The van der Waals surface area contributed by atoms with E-state index in [9.17, 15) is 0 Å². The van der Waals surface area contributed by atoms with Gasteiger partial charge in [0.15, 0.2) is 0 Å². The number of nitrogens with zero attached hydrogens (tertiary/aromatic N) is 1. The van der Waals surface area contributed by atoms with Crippen LogP contribution in [0.15, 0.2) is 24.5 Å². The van der Waals surface area contributed by atoms with Gasteiger partial charge in [0, 0.05) is 25.0 Å². The van der Waals surface area contributed by atoms with E-state index in [1.807, 2.05) is 18.5 Å². The predicted octanol–water partition coefficient (Wildman–Crippen LogP) is 4.31. The van der Waals surface area contributed by atoms with Gasteiger partial charge in [-0.3, -0.25) is 4.98 Å².